The zero-order valence-electron chi connectivity index (χ0n) is 18.4. The van der Waals surface area contributed by atoms with Crippen molar-refractivity contribution < 1.29 is 24.2 Å². The van der Waals surface area contributed by atoms with Gasteiger partial charge in [0.2, 0.25) is 5.91 Å². The maximum Gasteiger partial charge on any atom is 0.407 e. The molecular weight excluding hydrogens is 420 g/mol. The quantitative estimate of drug-likeness (QED) is 0.704. The number of carboxylic acid groups (broad SMARTS) is 1. The van der Waals surface area contributed by atoms with Gasteiger partial charge < -0.3 is 20.1 Å². The van der Waals surface area contributed by atoms with E-state index in [1.807, 2.05) is 36.4 Å². The van der Waals surface area contributed by atoms with Crippen LogP contribution in [0.4, 0.5) is 4.79 Å². The Bertz CT molecular complexity index is 1030. The third-order valence-corrected chi connectivity index (χ3v) is 7.35. The van der Waals surface area contributed by atoms with E-state index in [0.717, 1.165) is 35.1 Å². The molecule has 172 valence electrons. The topological polar surface area (TPSA) is 95.9 Å². The number of carbonyl (C=O) groups excluding carboxylic acids is 2. The molecule has 1 saturated heterocycles. The average Bonchev–Trinajstić information content (AvgIpc) is 3.49. The highest BCUT2D eigenvalue weighted by Crippen LogP contribution is 2.44. The molecule has 7 nitrogen and oxygen atoms in total. The van der Waals surface area contributed by atoms with Crippen LogP contribution in [0.3, 0.4) is 0 Å². The van der Waals surface area contributed by atoms with Gasteiger partial charge in [-0.3, -0.25) is 9.59 Å². The van der Waals surface area contributed by atoms with Crippen molar-refractivity contribution in [3.05, 3.63) is 59.7 Å². The Hall–Kier alpha value is -3.35. The molecule has 1 unspecified atom stereocenters. The fraction of sp³-hybridized carbons (Fsp3) is 0.423. The van der Waals surface area contributed by atoms with E-state index in [1.54, 1.807) is 4.90 Å². The molecule has 0 radical (unpaired) electrons. The van der Waals surface area contributed by atoms with Crippen LogP contribution in [0.25, 0.3) is 11.1 Å². The van der Waals surface area contributed by atoms with Gasteiger partial charge in [-0.25, -0.2) is 4.79 Å². The van der Waals surface area contributed by atoms with Crippen LogP contribution in [0, 0.1) is 11.8 Å². The van der Waals surface area contributed by atoms with Crippen molar-refractivity contribution in [2.75, 3.05) is 19.7 Å². The molecule has 2 aromatic rings. The van der Waals surface area contributed by atoms with Crippen LogP contribution in [0.1, 0.15) is 42.7 Å². The second-order valence-electron chi connectivity index (χ2n) is 9.31. The summed E-state index contributed by atoms with van der Waals surface area (Å²) in [5.74, 6) is -0.579. The van der Waals surface area contributed by atoms with E-state index in [1.165, 1.54) is 6.42 Å². The SMILES string of the molecule is O=C(O)CC(NC(=O)OCC1c2ccccc2-c2ccccc21)C(=O)N1C[C@H]2CCC[C@H]2C1. The molecule has 5 rings (SSSR count). The summed E-state index contributed by atoms with van der Waals surface area (Å²) in [6.07, 6.45) is 2.18. The minimum Gasteiger partial charge on any atom is -0.481 e. The van der Waals surface area contributed by atoms with E-state index >= 15 is 0 Å². The highest BCUT2D eigenvalue weighted by Gasteiger charge is 2.40. The van der Waals surface area contributed by atoms with Crippen molar-refractivity contribution in [1.29, 1.82) is 0 Å². The summed E-state index contributed by atoms with van der Waals surface area (Å²) in [6, 6.07) is 14.9. The van der Waals surface area contributed by atoms with Crippen molar-refractivity contribution in [3.63, 3.8) is 0 Å². The molecule has 1 saturated carbocycles. The number of amides is 2. The molecule has 1 aliphatic heterocycles. The molecule has 2 N–H and O–H groups in total. The molecule has 0 spiro atoms. The maximum absolute atomic E-state index is 13.0. The molecule has 7 heteroatoms. The second kappa shape index (κ2) is 8.89. The van der Waals surface area contributed by atoms with Gasteiger partial charge in [0, 0.05) is 19.0 Å². The van der Waals surface area contributed by atoms with Crippen LogP contribution in [-0.4, -0.2) is 53.7 Å². The molecule has 3 atom stereocenters. The van der Waals surface area contributed by atoms with Gasteiger partial charge in [-0.05, 0) is 46.9 Å². The van der Waals surface area contributed by atoms with Crippen LogP contribution in [0.15, 0.2) is 48.5 Å². The Balaban J connectivity index is 1.24. The lowest BCUT2D eigenvalue weighted by molar-refractivity contribution is -0.142. The molecule has 0 bridgehead atoms. The Morgan fingerprint density at radius 2 is 1.55 bits per heavy atom. The number of hydrogen-bond donors (Lipinski definition) is 2. The van der Waals surface area contributed by atoms with E-state index in [4.69, 9.17) is 4.74 Å². The predicted molar refractivity (Wildman–Crippen MR) is 122 cm³/mol. The van der Waals surface area contributed by atoms with Gasteiger partial charge in [0.15, 0.2) is 0 Å². The Morgan fingerprint density at radius 3 is 2.12 bits per heavy atom. The first-order valence-corrected chi connectivity index (χ1v) is 11.6. The minimum absolute atomic E-state index is 0.102. The van der Waals surface area contributed by atoms with Gasteiger partial charge in [0.05, 0.1) is 6.42 Å². The summed E-state index contributed by atoms with van der Waals surface area (Å²) in [4.78, 5) is 38.8. The van der Waals surface area contributed by atoms with E-state index in [0.29, 0.717) is 24.9 Å². The number of nitrogens with zero attached hydrogens (tertiary/aromatic N) is 1. The molecule has 2 amide bonds. The molecular formula is C26H28N2O5. The summed E-state index contributed by atoms with van der Waals surface area (Å²) in [5, 5.41) is 11.8. The van der Waals surface area contributed by atoms with Crippen molar-refractivity contribution in [2.45, 2.75) is 37.6 Å². The number of ether oxygens (including phenoxy) is 1. The lowest BCUT2D eigenvalue weighted by atomic mass is 9.98. The highest BCUT2D eigenvalue weighted by molar-refractivity contribution is 5.89. The summed E-state index contributed by atoms with van der Waals surface area (Å²) in [7, 11) is 0. The number of aliphatic carboxylic acids is 1. The molecule has 3 aliphatic rings. The molecule has 2 fully saturated rings. The third-order valence-electron chi connectivity index (χ3n) is 7.35. The van der Waals surface area contributed by atoms with Gasteiger partial charge in [-0.15, -0.1) is 0 Å². The van der Waals surface area contributed by atoms with Crippen LogP contribution in [0.2, 0.25) is 0 Å². The standard InChI is InChI=1S/C26H28N2O5/c29-24(30)12-23(25(31)28-13-16-6-5-7-17(16)14-28)27-26(32)33-15-22-20-10-3-1-8-18(20)19-9-2-4-11-21(19)22/h1-4,8-11,16-17,22-23H,5-7,12-15H2,(H,27,32)(H,29,30)/t16-,17+,23?. The maximum atomic E-state index is 13.0. The smallest absolute Gasteiger partial charge is 0.407 e. The van der Waals surface area contributed by atoms with Gasteiger partial charge in [0.25, 0.3) is 0 Å². The van der Waals surface area contributed by atoms with Crippen LogP contribution < -0.4 is 5.32 Å². The summed E-state index contributed by atoms with van der Waals surface area (Å²) < 4.78 is 5.53. The molecule has 2 aromatic carbocycles. The van der Waals surface area contributed by atoms with Crippen molar-refractivity contribution in [2.24, 2.45) is 11.8 Å². The van der Waals surface area contributed by atoms with Crippen molar-refractivity contribution in [3.8, 4) is 11.1 Å². The zero-order valence-corrected chi connectivity index (χ0v) is 18.4. The van der Waals surface area contributed by atoms with Crippen LogP contribution in [-0.2, 0) is 14.3 Å². The molecule has 1 heterocycles. The Labute approximate surface area is 192 Å². The number of benzene rings is 2. The fourth-order valence-electron chi connectivity index (χ4n) is 5.79. The van der Waals surface area contributed by atoms with Crippen molar-refractivity contribution >= 4 is 18.0 Å². The van der Waals surface area contributed by atoms with Crippen LogP contribution in [0.5, 0.6) is 0 Å². The normalized spacial score (nSPS) is 21.8. The molecule has 0 aromatic heterocycles. The number of rotatable bonds is 6. The number of carboxylic acids is 1. The monoisotopic (exact) mass is 448 g/mol. The number of likely N-dealkylation sites (tertiary alicyclic amines) is 1. The third kappa shape index (κ3) is 4.19. The average molecular weight is 449 g/mol. The van der Waals surface area contributed by atoms with Gasteiger partial charge in [-0.1, -0.05) is 55.0 Å². The van der Waals surface area contributed by atoms with E-state index < -0.39 is 24.5 Å². The van der Waals surface area contributed by atoms with E-state index in [9.17, 15) is 19.5 Å². The molecule has 2 aliphatic carbocycles. The first-order valence-electron chi connectivity index (χ1n) is 11.6. The lowest BCUT2D eigenvalue weighted by Crippen LogP contribution is -2.49. The number of alkyl carbamates (subject to hydrolysis) is 1. The predicted octanol–water partition coefficient (Wildman–Crippen LogP) is 3.63. The summed E-state index contributed by atoms with van der Waals surface area (Å²) >= 11 is 0. The molecule has 33 heavy (non-hydrogen) atoms. The first kappa shape index (κ1) is 21.5. The Kier molecular flexibility index (Phi) is 5.79. The highest BCUT2D eigenvalue weighted by atomic mass is 16.5. The van der Waals surface area contributed by atoms with Crippen molar-refractivity contribution in [1.82, 2.24) is 10.2 Å². The summed E-state index contributed by atoms with van der Waals surface area (Å²) in [6.45, 7) is 1.40. The van der Waals surface area contributed by atoms with Gasteiger partial charge in [0.1, 0.15) is 12.6 Å². The fourth-order valence-corrected chi connectivity index (χ4v) is 5.79. The second-order valence-corrected chi connectivity index (χ2v) is 9.31. The zero-order chi connectivity index (χ0) is 22.9. The minimum atomic E-state index is -1.13. The lowest BCUT2D eigenvalue weighted by Gasteiger charge is -2.24. The van der Waals surface area contributed by atoms with Crippen LogP contribution >= 0.6 is 0 Å². The van der Waals surface area contributed by atoms with Gasteiger partial charge >= 0.3 is 12.1 Å². The first-order chi connectivity index (χ1) is 16.0. The Morgan fingerprint density at radius 1 is 0.970 bits per heavy atom. The summed E-state index contributed by atoms with van der Waals surface area (Å²) in [5.41, 5.74) is 4.43. The number of hydrogen-bond acceptors (Lipinski definition) is 4. The number of nitrogens with one attached hydrogen (secondary N) is 1. The van der Waals surface area contributed by atoms with E-state index in [-0.39, 0.29) is 18.4 Å². The van der Waals surface area contributed by atoms with E-state index in [2.05, 4.69) is 17.4 Å². The number of fused-ring (bicyclic) bond motifs is 4. The number of carbonyl (C=O) groups is 3. The van der Waals surface area contributed by atoms with Gasteiger partial charge in [-0.2, -0.15) is 0 Å². The largest absolute Gasteiger partial charge is 0.481 e.